The summed E-state index contributed by atoms with van der Waals surface area (Å²) >= 11 is 0. The van der Waals surface area contributed by atoms with Crippen LogP contribution in [0.2, 0.25) is 0 Å². The molecule has 1 aromatic heterocycles. The first kappa shape index (κ1) is 11.2. The summed E-state index contributed by atoms with van der Waals surface area (Å²) < 4.78 is 0. The van der Waals surface area contributed by atoms with Crippen molar-refractivity contribution in [3.05, 3.63) is 11.8 Å². The zero-order valence-electron chi connectivity index (χ0n) is 10.1. The van der Waals surface area contributed by atoms with Gasteiger partial charge in [-0.3, -0.25) is 0 Å². The van der Waals surface area contributed by atoms with Gasteiger partial charge in [0, 0.05) is 24.8 Å². The molecule has 1 heterocycles. The highest BCUT2D eigenvalue weighted by atomic mass is 15.2. The molecule has 88 valence electrons. The van der Waals surface area contributed by atoms with Gasteiger partial charge in [0.15, 0.2) is 0 Å². The molecule has 0 aromatic carbocycles. The van der Waals surface area contributed by atoms with Gasteiger partial charge in [-0.25, -0.2) is 4.98 Å². The Kier molecular flexibility index (Phi) is 3.27. The zero-order valence-corrected chi connectivity index (χ0v) is 10.1. The molecule has 1 saturated carbocycles. The number of aryl methyl sites for hydroxylation is 1. The Hall–Kier alpha value is -1.32. The molecule has 0 spiro atoms. The van der Waals surface area contributed by atoms with Crippen molar-refractivity contribution < 1.29 is 0 Å². The van der Waals surface area contributed by atoms with Gasteiger partial charge in [0.25, 0.3) is 0 Å². The molecule has 0 bridgehead atoms. The summed E-state index contributed by atoms with van der Waals surface area (Å²) in [6.45, 7) is 6.20. The molecular formula is C12H20N4. The predicted octanol–water partition coefficient (Wildman–Crippen LogP) is 1.99. The average Bonchev–Trinajstić information content (AvgIpc) is 2.14. The van der Waals surface area contributed by atoms with Crippen molar-refractivity contribution in [2.75, 3.05) is 23.7 Å². The van der Waals surface area contributed by atoms with E-state index < -0.39 is 0 Å². The highest BCUT2D eigenvalue weighted by molar-refractivity contribution is 5.43. The van der Waals surface area contributed by atoms with E-state index in [1.807, 2.05) is 13.0 Å². The molecule has 1 aliphatic rings. The van der Waals surface area contributed by atoms with E-state index in [0.717, 1.165) is 30.5 Å². The summed E-state index contributed by atoms with van der Waals surface area (Å²) in [4.78, 5) is 10.7. The van der Waals surface area contributed by atoms with Gasteiger partial charge >= 0.3 is 0 Å². The summed E-state index contributed by atoms with van der Waals surface area (Å²) in [6, 6.07) is 2.01. The Morgan fingerprint density at radius 2 is 2.19 bits per heavy atom. The first-order chi connectivity index (χ1) is 7.69. The molecular weight excluding hydrogens is 200 g/mol. The quantitative estimate of drug-likeness (QED) is 0.843. The molecule has 0 saturated heterocycles. The molecule has 1 aromatic rings. The van der Waals surface area contributed by atoms with Crippen LogP contribution in [0.15, 0.2) is 6.07 Å². The number of nitrogens with zero attached hydrogens (tertiary/aromatic N) is 3. The fourth-order valence-electron chi connectivity index (χ4n) is 2.11. The van der Waals surface area contributed by atoms with Crippen LogP contribution in [0.25, 0.3) is 0 Å². The van der Waals surface area contributed by atoms with Crippen LogP contribution in [0.4, 0.5) is 11.8 Å². The fourth-order valence-corrected chi connectivity index (χ4v) is 2.11. The molecule has 2 rings (SSSR count). The molecule has 0 aliphatic heterocycles. The topological polar surface area (TPSA) is 55.0 Å². The SMILES string of the molecule is CCN(CC1CCC1)c1cc(C)nc(N)n1. The third-order valence-corrected chi connectivity index (χ3v) is 3.27. The summed E-state index contributed by atoms with van der Waals surface area (Å²) in [5, 5.41) is 0. The van der Waals surface area contributed by atoms with Crippen LogP contribution in [-0.2, 0) is 0 Å². The third kappa shape index (κ3) is 2.43. The van der Waals surface area contributed by atoms with E-state index in [-0.39, 0.29) is 0 Å². The first-order valence-electron chi connectivity index (χ1n) is 6.05. The highest BCUT2D eigenvalue weighted by Gasteiger charge is 2.21. The Balaban J connectivity index is 2.11. The Labute approximate surface area is 96.9 Å². The van der Waals surface area contributed by atoms with Gasteiger partial charge < -0.3 is 10.6 Å². The molecule has 16 heavy (non-hydrogen) atoms. The summed E-state index contributed by atoms with van der Waals surface area (Å²) in [7, 11) is 0. The number of rotatable bonds is 4. The van der Waals surface area contributed by atoms with Crippen molar-refractivity contribution in [2.24, 2.45) is 5.92 Å². The molecule has 1 fully saturated rings. The van der Waals surface area contributed by atoms with Crippen molar-refractivity contribution in [3.8, 4) is 0 Å². The minimum Gasteiger partial charge on any atom is -0.368 e. The maximum Gasteiger partial charge on any atom is 0.222 e. The number of anilines is 2. The summed E-state index contributed by atoms with van der Waals surface area (Å²) in [5.41, 5.74) is 6.62. The molecule has 2 N–H and O–H groups in total. The Morgan fingerprint density at radius 1 is 1.44 bits per heavy atom. The minimum absolute atomic E-state index is 0.377. The number of aromatic nitrogens is 2. The monoisotopic (exact) mass is 220 g/mol. The number of nitrogens with two attached hydrogens (primary N) is 1. The van der Waals surface area contributed by atoms with Crippen LogP contribution in [0.1, 0.15) is 31.9 Å². The van der Waals surface area contributed by atoms with Crippen molar-refractivity contribution in [3.63, 3.8) is 0 Å². The lowest BCUT2D eigenvalue weighted by atomic mass is 9.85. The van der Waals surface area contributed by atoms with Gasteiger partial charge in [-0.05, 0) is 32.6 Å². The van der Waals surface area contributed by atoms with Crippen molar-refractivity contribution >= 4 is 11.8 Å². The van der Waals surface area contributed by atoms with Gasteiger partial charge in [0.2, 0.25) is 5.95 Å². The van der Waals surface area contributed by atoms with Crippen LogP contribution in [0.5, 0.6) is 0 Å². The van der Waals surface area contributed by atoms with Crippen molar-refractivity contribution in [1.82, 2.24) is 9.97 Å². The highest BCUT2D eigenvalue weighted by Crippen LogP contribution is 2.28. The van der Waals surface area contributed by atoms with E-state index >= 15 is 0 Å². The van der Waals surface area contributed by atoms with Crippen LogP contribution < -0.4 is 10.6 Å². The molecule has 0 amide bonds. The van der Waals surface area contributed by atoms with Gasteiger partial charge in [-0.2, -0.15) is 4.98 Å². The van der Waals surface area contributed by atoms with E-state index in [4.69, 9.17) is 5.73 Å². The molecule has 1 aliphatic carbocycles. The van der Waals surface area contributed by atoms with Gasteiger partial charge in [0.05, 0.1) is 0 Å². The number of hydrogen-bond donors (Lipinski definition) is 1. The lowest BCUT2D eigenvalue weighted by Crippen LogP contribution is -2.33. The normalized spacial score (nSPS) is 15.9. The smallest absolute Gasteiger partial charge is 0.222 e. The third-order valence-electron chi connectivity index (χ3n) is 3.27. The van der Waals surface area contributed by atoms with Crippen LogP contribution >= 0.6 is 0 Å². The summed E-state index contributed by atoms with van der Waals surface area (Å²) in [6.07, 6.45) is 4.10. The lowest BCUT2D eigenvalue weighted by Gasteiger charge is -2.32. The Morgan fingerprint density at radius 3 is 2.69 bits per heavy atom. The average molecular weight is 220 g/mol. The van der Waals surface area contributed by atoms with Crippen LogP contribution in [0.3, 0.4) is 0 Å². The first-order valence-corrected chi connectivity index (χ1v) is 6.05. The van der Waals surface area contributed by atoms with Gasteiger partial charge in [-0.1, -0.05) is 6.42 Å². The molecule has 4 nitrogen and oxygen atoms in total. The lowest BCUT2D eigenvalue weighted by molar-refractivity contribution is 0.318. The molecule has 4 heteroatoms. The zero-order chi connectivity index (χ0) is 11.5. The second-order valence-electron chi connectivity index (χ2n) is 4.56. The van der Waals surface area contributed by atoms with E-state index in [1.54, 1.807) is 0 Å². The minimum atomic E-state index is 0.377. The second kappa shape index (κ2) is 4.68. The molecule has 0 unspecified atom stereocenters. The fraction of sp³-hybridized carbons (Fsp3) is 0.667. The standard InChI is InChI=1S/C12H20N4/c1-3-16(8-10-5-4-6-10)11-7-9(2)14-12(13)15-11/h7,10H,3-6,8H2,1-2H3,(H2,13,14,15). The van der Waals surface area contributed by atoms with Gasteiger partial charge in [-0.15, -0.1) is 0 Å². The van der Waals surface area contributed by atoms with Crippen LogP contribution in [-0.4, -0.2) is 23.1 Å². The van der Waals surface area contributed by atoms with Crippen LogP contribution in [0, 0.1) is 12.8 Å². The van der Waals surface area contributed by atoms with Crippen molar-refractivity contribution in [2.45, 2.75) is 33.1 Å². The van der Waals surface area contributed by atoms with E-state index in [9.17, 15) is 0 Å². The van der Waals surface area contributed by atoms with E-state index in [0.29, 0.717) is 5.95 Å². The maximum absolute atomic E-state index is 5.68. The molecule has 0 radical (unpaired) electrons. The van der Waals surface area contributed by atoms with Crippen molar-refractivity contribution in [1.29, 1.82) is 0 Å². The van der Waals surface area contributed by atoms with Gasteiger partial charge in [0.1, 0.15) is 5.82 Å². The Bertz CT molecular complexity index is 340. The van der Waals surface area contributed by atoms with E-state index in [2.05, 4.69) is 21.8 Å². The number of nitrogen functional groups attached to an aromatic ring is 1. The predicted molar refractivity (Wildman–Crippen MR) is 66.4 cm³/mol. The summed E-state index contributed by atoms with van der Waals surface area (Å²) in [5.74, 6) is 2.19. The number of hydrogen-bond acceptors (Lipinski definition) is 4. The largest absolute Gasteiger partial charge is 0.368 e. The second-order valence-corrected chi connectivity index (χ2v) is 4.56. The van der Waals surface area contributed by atoms with E-state index in [1.165, 1.54) is 19.3 Å². The molecule has 0 atom stereocenters. The maximum atomic E-state index is 5.68.